The van der Waals surface area contributed by atoms with Gasteiger partial charge in [0.1, 0.15) is 13.2 Å². The lowest BCUT2D eigenvalue weighted by molar-refractivity contribution is 0.0612. The molecule has 1 amide bonds. The van der Waals surface area contributed by atoms with E-state index in [2.05, 4.69) is 20.8 Å². The molecule has 3 aromatic rings. The number of nitrogens with zero attached hydrogens (tertiary/aromatic N) is 4. The van der Waals surface area contributed by atoms with Crippen LogP contribution in [0.25, 0.3) is 11.3 Å². The molecule has 1 N–H and O–H groups in total. The highest BCUT2D eigenvalue weighted by Gasteiger charge is 2.29. The van der Waals surface area contributed by atoms with Crippen molar-refractivity contribution in [2.45, 2.75) is 45.1 Å². The highest BCUT2D eigenvalue weighted by molar-refractivity contribution is 7.92. The first-order valence-electron chi connectivity index (χ1n) is 12.0. The number of carbonyl (C=O) groups excluding carboxylic acids is 1. The van der Waals surface area contributed by atoms with Gasteiger partial charge in [0.2, 0.25) is 11.8 Å². The van der Waals surface area contributed by atoms with Gasteiger partial charge in [-0.3, -0.25) is 4.79 Å². The molecule has 0 radical (unpaired) electrons. The number of fused-ring (bicyclic) bond motifs is 4. The molecule has 0 unspecified atom stereocenters. The summed E-state index contributed by atoms with van der Waals surface area (Å²) in [6.07, 6.45) is 0.575. The van der Waals surface area contributed by atoms with Gasteiger partial charge in [-0.15, -0.1) is 0 Å². The number of nitriles is 1. The van der Waals surface area contributed by atoms with Crippen LogP contribution in [0.3, 0.4) is 0 Å². The fourth-order valence-electron chi connectivity index (χ4n) is 4.49. The summed E-state index contributed by atoms with van der Waals surface area (Å²) in [6, 6.07) is 14.9. The molecule has 0 saturated carbocycles. The fourth-order valence-corrected chi connectivity index (χ4v) is 5.48. The zero-order chi connectivity index (χ0) is 26.7. The number of rotatable bonds is 4. The van der Waals surface area contributed by atoms with Crippen molar-refractivity contribution in [1.82, 2.24) is 14.9 Å². The zero-order valence-electron chi connectivity index (χ0n) is 21.2. The first kappa shape index (κ1) is 26.1. The molecule has 1 atom stereocenters. The minimum absolute atomic E-state index is 0.0701. The molecule has 0 fully saturated rings. The average Bonchev–Trinajstić information content (AvgIpc) is 2.84. The summed E-state index contributed by atoms with van der Waals surface area (Å²) in [5.74, 6) is -0.214. The van der Waals surface area contributed by atoms with Crippen molar-refractivity contribution in [3.63, 3.8) is 0 Å². The maximum absolute atomic E-state index is 13.5. The lowest BCUT2D eigenvalue weighted by Crippen LogP contribution is -2.44. The Morgan fingerprint density at radius 1 is 1.14 bits per heavy atom. The summed E-state index contributed by atoms with van der Waals surface area (Å²) in [7, 11) is -4.13. The standard InChI is InChI=1S/C27H29N5O4S/c1-17(2)13-21-16-36-24-15-23(25-18(3)7-5-8-19(25)4)29-27(30-24)31-37(34,35)22-10-6-9-20(14-22)26(33)32(21)12-11-28/h5-10,14-15,17,21H,12-13,16H2,1-4H3,(H,29,30,31)/t21-/m1/s1. The smallest absolute Gasteiger partial charge is 0.264 e. The van der Waals surface area contributed by atoms with E-state index in [4.69, 9.17) is 4.74 Å². The predicted molar refractivity (Wildman–Crippen MR) is 140 cm³/mol. The molecule has 0 saturated heterocycles. The van der Waals surface area contributed by atoms with Crippen LogP contribution in [0.5, 0.6) is 5.88 Å². The van der Waals surface area contributed by atoms with Crippen LogP contribution in [0.15, 0.2) is 53.4 Å². The number of carbonyl (C=O) groups is 1. The highest BCUT2D eigenvalue weighted by atomic mass is 32.2. The van der Waals surface area contributed by atoms with Crippen molar-refractivity contribution < 1.29 is 17.9 Å². The van der Waals surface area contributed by atoms with Gasteiger partial charge >= 0.3 is 0 Å². The van der Waals surface area contributed by atoms with Crippen LogP contribution in [0.4, 0.5) is 5.95 Å². The Hall–Kier alpha value is -3.97. The number of ether oxygens (including phenoxy) is 1. The Labute approximate surface area is 217 Å². The third kappa shape index (κ3) is 5.73. The molecule has 4 rings (SSSR count). The van der Waals surface area contributed by atoms with Gasteiger partial charge < -0.3 is 9.64 Å². The lowest BCUT2D eigenvalue weighted by atomic mass is 10.00. The third-order valence-corrected chi connectivity index (χ3v) is 7.49. The van der Waals surface area contributed by atoms with Crippen molar-refractivity contribution >= 4 is 21.9 Å². The van der Waals surface area contributed by atoms with Gasteiger partial charge in [0.25, 0.3) is 15.9 Å². The van der Waals surface area contributed by atoms with Gasteiger partial charge in [0.15, 0.2) is 0 Å². The Bertz CT molecular complexity index is 1460. The number of hydrogen-bond acceptors (Lipinski definition) is 7. The van der Waals surface area contributed by atoms with Gasteiger partial charge in [-0.1, -0.05) is 38.1 Å². The molecule has 37 heavy (non-hydrogen) atoms. The van der Waals surface area contributed by atoms with E-state index in [-0.39, 0.29) is 41.4 Å². The van der Waals surface area contributed by atoms with Crippen LogP contribution < -0.4 is 9.46 Å². The molecule has 192 valence electrons. The number of aryl methyl sites for hydroxylation is 2. The van der Waals surface area contributed by atoms with Crippen LogP contribution in [0, 0.1) is 31.1 Å². The molecule has 10 heteroatoms. The molecule has 4 bridgehead atoms. The molecule has 1 aromatic heterocycles. The van der Waals surface area contributed by atoms with Crippen LogP contribution in [-0.4, -0.2) is 48.4 Å². The summed E-state index contributed by atoms with van der Waals surface area (Å²) in [5.41, 5.74) is 3.45. The maximum atomic E-state index is 13.5. The number of aromatic nitrogens is 2. The Balaban J connectivity index is 1.91. The molecule has 0 aliphatic carbocycles. The van der Waals surface area contributed by atoms with E-state index in [0.29, 0.717) is 12.1 Å². The minimum Gasteiger partial charge on any atom is -0.475 e. The van der Waals surface area contributed by atoms with Crippen LogP contribution in [0.1, 0.15) is 41.8 Å². The van der Waals surface area contributed by atoms with Crippen molar-refractivity contribution in [2.75, 3.05) is 17.9 Å². The van der Waals surface area contributed by atoms with Crippen molar-refractivity contribution in [3.05, 3.63) is 65.2 Å². The second-order valence-electron chi connectivity index (χ2n) is 9.50. The number of hydrogen-bond donors (Lipinski definition) is 1. The lowest BCUT2D eigenvalue weighted by Gasteiger charge is -2.31. The first-order chi connectivity index (χ1) is 17.6. The predicted octanol–water partition coefficient (Wildman–Crippen LogP) is 4.33. The Morgan fingerprint density at radius 2 is 1.84 bits per heavy atom. The van der Waals surface area contributed by atoms with Gasteiger partial charge in [0, 0.05) is 17.2 Å². The van der Waals surface area contributed by atoms with E-state index in [1.165, 1.54) is 29.2 Å². The molecule has 2 heterocycles. The molecule has 9 nitrogen and oxygen atoms in total. The summed E-state index contributed by atoms with van der Waals surface area (Å²) >= 11 is 0. The molecule has 0 spiro atoms. The van der Waals surface area contributed by atoms with Crippen molar-refractivity contribution in [1.29, 1.82) is 5.26 Å². The minimum atomic E-state index is -4.13. The van der Waals surface area contributed by atoms with E-state index in [1.807, 2.05) is 45.9 Å². The van der Waals surface area contributed by atoms with Gasteiger partial charge in [0.05, 0.1) is 22.7 Å². The Kier molecular flexibility index (Phi) is 7.45. The number of anilines is 1. The summed E-state index contributed by atoms with van der Waals surface area (Å²) < 4.78 is 35.1. The van der Waals surface area contributed by atoms with Crippen LogP contribution in [0.2, 0.25) is 0 Å². The van der Waals surface area contributed by atoms with E-state index < -0.39 is 22.0 Å². The maximum Gasteiger partial charge on any atom is 0.264 e. The fraction of sp³-hybridized carbons (Fsp3) is 0.333. The van der Waals surface area contributed by atoms with Crippen molar-refractivity contribution in [2.24, 2.45) is 5.92 Å². The number of benzene rings is 2. The van der Waals surface area contributed by atoms with Crippen molar-refractivity contribution in [3.8, 4) is 23.2 Å². The monoisotopic (exact) mass is 519 g/mol. The largest absolute Gasteiger partial charge is 0.475 e. The van der Waals surface area contributed by atoms with E-state index in [9.17, 15) is 18.5 Å². The van der Waals surface area contributed by atoms with E-state index in [1.54, 1.807) is 6.07 Å². The van der Waals surface area contributed by atoms with E-state index in [0.717, 1.165) is 16.7 Å². The van der Waals surface area contributed by atoms with Crippen LogP contribution >= 0.6 is 0 Å². The highest BCUT2D eigenvalue weighted by Crippen LogP contribution is 2.30. The molecular formula is C27H29N5O4S. The van der Waals surface area contributed by atoms with Gasteiger partial charge in [-0.05, 0) is 55.5 Å². The summed E-state index contributed by atoms with van der Waals surface area (Å²) in [4.78, 5) is 23.6. The van der Waals surface area contributed by atoms with Crippen LogP contribution in [-0.2, 0) is 10.0 Å². The zero-order valence-corrected chi connectivity index (χ0v) is 22.0. The van der Waals surface area contributed by atoms with Gasteiger partial charge in [-0.25, -0.2) is 18.1 Å². The number of sulfonamides is 1. The average molecular weight is 520 g/mol. The molecule has 2 aromatic carbocycles. The molecular weight excluding hydrogens is 490 g/mol. The SMILES string of the molecule is Cc1cccc(C)c1-c1cc2nc(n1)NS(=O)(=O)c1cccc(c1)C(=O)N(CC#N)[C@H](CC(C)C)CO2. The Morgan fingerprint density at radius 3 is 2.51 bits per heavy atom. The van der Waals surface area contributed by atoms with Gasteiger partial charge in [-0.2, -0.15) is 10.2 Å². The third-order valence-electron chi connectivity index (χ3n) is 6.17. The topological polar surface area (TPSA) is 125 Å². The van der Waals surface area contributed by atoms with E-state index >= 15 is 0 Å². The number of amides is 1. The summed E-state index contributed by atoms with van der Waals surface area (Å²) in [6.45, 7) is 7.85. The second kappa shape index (κ2) is 10.6. The second-order valence-corrected chi connectivity index (χ2v) is 11.2. The molecule has 1 aliphatic heterocycles. The number of nitrogens with one attached hydrogen (secondary N) is 1. The quantitative estimate of drug-likeness (QED) is 0.509. The molecule has 1 aliphatic rings. The summed E-state index contributed by atoms with van der Waals surface area (Å²) in [5, 5.41) is 9.50. The normalized spacial score (nSPS) is 17.0. The first-order valence-corrected chi connectivity index (χ1v) is 13.5.